The predicted molar refractivity (Wildman–Crippen MR) is 95.9 cm³/mol. The highest BCUT2D eigenvalue weighted by atomic mass is 16.2. The molecule has 4 rings (SSSR count). The second-order valence-electron chi connectivity index (χ2n) is 6.20. The second-order valence-corrected chi connectivity index (χ2v) is 6.20. The smallest absolute Gasteiger partial charge is 0.251 e. The molecule has 0 spiro atoms. The van der Waals surface area contributed by atoms with Crippen molar-refractivity contribution in [3.8, 4) is 0 Å². The van der Waals surface area contributed by atoms with Crippen molar-refractivity contribution in [1.29, 1.82) is 0 Å². The molecule has 2 amide bonds. The lowest BCUT2D eigenvalue weighted by molar-refractivity contribution is -0.116. The van der Waals surface area contributed by atoms with E-state index in [1.165, 1.54) is 6.33 Å². The van der Waals surface area contributed by atoms with E-state index in [-0.39, 0.29) is 18.4 Å². The summed E-state index contributed by atoms with van der Waals surface area (Å²) in [5.41, 5.74) is 3.27. The van der Waals surface area contributed by atoms with E-state index in [0.717, 1.165) is 5.56 Å². The molecule has 0 saturated carbocycles. The first-order valence-corrected chi connectivity index (χ1v) is 8.07. The summed E-state index contributed by atoms with van der Waals surface area (Å²) in [7, 11) is 3.75. The normalized spacial score (nSPS) is 12.8. The number of hydrogen-bond acceptors (Lipinski definition) is 6. The van der Waals surface area contributed by atoms with Crippen molar-refractivity contribution < 1.29 is 9.59 Å². The molecule has 2 aromatic heterocycles. The minimum Gasteiger partial charge on any atom is -0.361 e. The Morgan fingerprint density at radius 3 is 2.96 bits per heavy atom. The number of carbonyl (C=O) groups is 2. The average molecular weight is 351 g/mol. The molecule has 0 fully saturated rings. The number of imidazole rings is 1. The molecule has 26 heavy (non-hydrogen) atoms. The fraction of sp³-hybridized carbons (Fsp3) is 0.235. The number of fused-ring (bicyclic) bond motifs is 2. The average Bonchev–Trinajstić information content (AvgIpc) is 3.20. The van der Waals surface area contributed by atoms with Crippen LogP contribution in [0.4, 0.5) is 11.5 Å². The van der Waals surface area contributed by atoms with Crippen molar-refractivity contribution in [3.05, 3.63) is 42.0 Å². The Morgan fingerprint density at radius 1 is 1.31 bits per heavy atom. The number of anilines is 2. The zero-order valence-electron chi connectivity index (χ0n) is 14.4. The quantitative estimate of drug-likeness (QED) is 0.719. The highest BCUT2D eigenvalue weighted by molar-refractivity contribution is 6.02. The zero-order valence-corrected chi connectivity index (χ0v) is 14.4. The van der Waals surface area contributed by atoms with E-state index in [1.807, 2.05) is 19.0 Å². The van der Waals surface area contributed by atoms with Crippen LogP contribution in [-0.2, 0) is 17.9 Å². The summed E-state index contributed by atoms with van der Waals surface area (Å²) in [6, 6.07) is 5.29. The molecule has 3 aromatic rings. The van der Waals surface area contributed by atoms with Gasteiger partial charge in [0.15, 0.2) is 17.0 Å². The molecule has 1 aliphatic rings. The maximum atomic E-state index is 12.5. The molecule has 0 saturated heterocycles. The molecule has 0 bridgehead atoms. The summed E-state index contributed by atoms with van der Waals surface area (Å²) in [5, 5.41) is 5.63. The van der Waals surface area contributed by atoms with Crippen LogP contribution in [0.3, 0.4) is 0 Å². The van der Waals surface area contributed by atoms with Gasteiger partial charge in [-0.2, -0.15) is 0 Å². The Bertz CT molecular complexity index is 1030. The minimum atomic E-state index is -0.220. The van der Waals surface area contributed by atoms with Crippen LogP contribution in [0.25, 0.3) is 11.2 Å². The van der Waals surface area contributed by atoms with Gasteiger partial charge < -0.3 is 20.1 Å². The second kappa shape index (κ2) is 6.10. The highest BCUT2D eigenvalue weighted by Crippen LogP contribution is 2.24. The van der Waals surface area contributed by atoms with E-state index >= 15 is 0 Å². The van der Waals surface area contributed by atoms with Crippen LogP contribution in [0.15, 0.2) is 30.9 Å². The maximum absolute atomic E-state index is 12.5. The first-order chi connectivity index (χ1) is 12.5. The van der Waals surface area contributed by atoms with Gasteiger partial charge in [0, 0.05) is 37.5 Å². The van der Waals surface area contributed by atoms with Crippen molar-refractivity contribution in [2.24, 2.45) is 0 Å². The van der Waals surface area contributed by atoms with Crippen LogP contribution in [0.2, 0.25) is 0 Å². The number of nitrogens with zero attached hydrogens (tertiary/aromatic N) is 5. The molecule has 2 N–H and O–H groups in total. The molecule has 1 aliphatic heterocycles. The summed E-state index contributed by atoms with van der Waals surface area (Å²) in [5.74, 6) is 0.353. The van der Waals surface area contributed by atoms with Crippen LogP contribution in [0.5, 0.6) is 0 Å². The molecule has 9 heteroatoms. The number of aromatic nitrogens is 4. The van der Waals surface area contributed by atoms with Crippen LogP contribution < -0.4 is 15.5 Å². The van der Waals surface area contributed by atoms with Gasteiger partial charge in [-0.25, -0.2) is 15.0 Å². The summed E-state index contributed by atoms with van der Waals surface area (Å²) >= 11 is 0. The van der Waals surface area contributed by atoms with Gasteiger partial charge in [0.25, 0.3) is 5.91 Å². The van der Waals surface area contributed by atoms with Crippen LogP contribution in [0.1, 0.15) is 15.9 Å². The molecule has 0 unspecified atom stereocenters. The molecule has 0 atom stereocenters. The fourth-order valence-corrected chi connectivity index (χ4v) is 3.03. The van der Waals surface area contributed by atoms with Crippen LogP contribution >= 0.6 is 0 Å². The largest absolute Gasteiger partial charge is 0.361 e. The van der Waals surface area contributed by atoms with Crippen molar-refractivity contribution in [1.82, 2.24) is 24.8 Å². The van der Waals surface area contributed by atoms with E-state index in [4.69, 9.17) is 0 Å². The molecule has 0 radical (unpaired) electrons. The van der Waals surface area contributed by atoms with E-state index < -0.39 is 0 Å². The number of nitrogens with one attached hydrogen (secondary N) is 2. The number of amides is 2. The Hall–Kier alpha value is -3.49. The van der Waals surface area contributed by atoms with Gasteiger partial charge in [-0.3, -0.25) is 9.59 Å². The summed E-state index contributed by atoms with van der Waals surface area (Å²) in [4.78, 5) is 38.9. The monoisotopic (exact) mass is 351 g/mol. The van der Waals surface area contributed by atoms with Gasteiger partial charge in [-0.1, -0.05) is 6.07 Å². The molecular weight excluding hydrogens is 334 g/mol. The van der Waals surface area contributed by atoms with Gasteiger partial charge in [0.1, 0.15) is 12.9 Å². The maximum Gasteiger partial charge on any atom is 0.251 e. The standard InChI is InChI=1S/C17H17N7O2/c1-23(2)15-14-16(20-8-19-15)24(9-21-14)7-13(25)22-12-5-3-4-10-11(12)6-18-17(10)26/h3-5,8-9H,6-7H2,1-2H3,(H,18,26)(H,22,25). The third-order valence-electron chi connectivity index (χ3n) is 4.24. The number of benzene rings is 1. The number of rotatable bonds is 4. The molecule has 3 heterocycles. The number of carbonyl (C=O) groups excluding carboxylic acids is 2. The van der Waals surface area contributed by atoms with Gasteiger partial charge in [0.2, 0.25) is 5.91 Å². The number of hydrogen-bond donors (Lipinski definition) is 2. The lowest BCUT2D eigenvalue weighted by atomic mass is 10.1. The highest BCUT2D eigenvalue weighted by Gasteiger charge is 2.22. The summed E-state index contributed by atoms with van der Waals surface area (Å²) < 4.78 is 1.67. The van der Waals surface area contributed by atoms with Gasteiger partial charge >= 0.3 is 0 Å². The van der Waals surface area contributed by atoms with E-state index in [0.29, 0.717) is 34.8 Å². The first kappa shape index (κ1) is 16.0. The molecule has 0 aliphatic carbocycles. The van der Waals surface area contributed by atoms with Crippen molar-refractivity contribution in [3.63, 3.8) is 0 Å². The SMILES string of the molecule is CN(C)c1ncnc2c1ncn2CC(=O)Nc1cccc2c1CNC2=O. The Kier molecular flexibility index (Phi) is 3.76. The Morgan fingerprint density at radius 2 is 2.15 bits per heavy atom. The molecular formula is C17H17N7O2. The summed E-state index contributed by atoms with van der Waals surface area (Å²) in [6.45, 7) is 0.476. The lowest BCUT2D eigenvalue weighted by Crippen LogP contribution is -2.19. The molecule has 1 aromatic carbocycles. The van der Waals surface area contributed by atoms with Crippen molar-refractivity contribution in [2.45, 2.75) is 13.1 Å². The third-order valence-corrected chi connectivity index (χ3v) is 4.24. The molecule has 132 valence electrons. The van der Waals surface area contributed by atoms with E-state index in [1.54, 1.807) is 29.1 Å². The van der Waals surface area contributed by atoms with Gasteiger partial charge in [-0.05, 0) is 12.1 Å². The van der Waals surface area contributed by atoms with Crippen LogP contribution in [-0.4, -0.2) is 45.4 Å². The fourth-order valence-electron chi connectivity index (χ4n) is 3.03. The van der Waals surface area contributed by atoms with Gasteiger partial charge in [0.05, 0.1) is 6.33 Å². The molecule has 9 nitrogen and oxygen atoms in total. The van der Waals surface area contributed by atoms with Crippen molar-refractivity contribution in [2.75, 3.05) is 24.3 Å². The Labute approximate surface area is 149 Å². The van der Waals surface area contributed by atoms with Crippen molar-refractivity contribution >= 4 is 34.5 Å². The minimum absolute atomic E-state index is 0.0609. The predicted octanol–water partition coefficient (Wildman–Crippen LogP) is 0.774. The van der Waals surface area contributed by atoms with E-state index in [2.05, 4.69) is 25.6 Å². The summed E-state index contributed by atoms with van der Waals surface area (Å²) in [6.07, 6.45) is 3.03. The Balaban J connectivity index is 1.58. The zero-order chi connectivity index (χ0) is 18.3. The topological polar surface area (TPSA) is 105 Å². The van der Waals surface area contributed by atoms with Crippen LogP contribution in [0, 0.1) is 0 Å². The van der Waals surface area contributed by atoms with Gasteiger partial charge in [-0.15, -0.1) is 0 Å². The van der Waals surface area contributed by atoms with E-state index in [9.17, 15) is 9.59 Å². The lowest BCUT2D eigenvalue weighted by Gasteiger charge is -2.11. The first-order valence-electron chi connectivity index (χ1n) is 8.07. The third kappa shape index (κ3) is 2.63.